The first-order valence-corrected chi connectivity index (χ1v) is 8.36. The summed E-state index contributed by atoms with van der Waals surface area (Å²) in [6.45, 7) is 2.41. The lowest BCUT2D eigenvalue weighted by Gasteiger charge is -2.16. The second-order valence-corrected chi connectivity index (χ2v) is 6.44. The maximum atomic E-state index is 13.7. The van der Waals surface area contributed by atoms with Gasteiger partial charge in [0.25, 0.3) is 5.91 Å². The van der Waals surface area contributed by atoms with Gasteiger partial charge in [-0.05, 0) is 42.7 Å². The first kappa shape index (κ1) is 15.9. The average Bonchev–Trinajstić information content (AvgIpc) is 3.10. The molecule has 0 atom stereocenters. The zero-order valence-corrected chi connectivity index (χ0v) is 14.1. The Kier molecular flexibility index (Phi) is 4.91. The van der Waals surface area contributed by atoms with Crippen LogP contribution in [-0.4, -0.2) is 24.0 Å². The van der Waals surface area contributed by atoms with Gasteiger partial charge in [-0.2, -0.15) is 0 Å². The zero-order valence-electron chi connectivity index (χ0n) is 12.6. The molecule has 23 heavy (non-hydrogen) atoms. The van der Waals surface area contributed by atoms with E-state index in [4.69, 9.17) is 0 Å². The number of hydrogen-bond donors (Lipinski definition) is 1. The highest BCUT2D eigenvalue weighted by Crippen LogP contribution is 2.18. The third-order valence-corrected chi connectivity index (χ3v) is 4.36. The van der Waals surface area contributed by atoms with Gasteiger partial charge < -0.3 is 10.2 Å². The van der Waals surface area contributed by atoms with Gasteiger partial charge in [0.1, 0.15) is 11.6 Å². The molecule has 1 amide bonds. The molecule has 1 saturated heterocycles. The van der Waals surface area contributed by atoms with E-state index in [0.717, 1.165) is 24.5 Å². The Morgan fingerprint density at radius 2 is 2.04 bits per heavy atom. The molecule has 3 rings (SSSR count). The molecule has 120 valence electrons. The molecule has 6 heteroatoms. The van der Waals surface area contributed by atoms with Crippen LogP contribution in [0.2, 0.25) is 0 Å². The Bertz CT molecular complexity index is 699. The van der Waals surface area contributed by atoms with Gasteiger partial charge in [-0.15, -0.1) is 0 Å². The molecule has 4 nitrogen and oxygen atoms in total. The fourth-order valence-corrected chi connectivity index (χ4v) is 2.96. The van der Waals surface area contributed by atoms with Crippen LogP contribution in [-0.2, 0) is 6.54 Å². The van der Waals surface area contributed by atoms with Gasteiger partial charge in [-0.25, -0.2) is 9.37 Å². The lowest BCUT2D eigenvalue weighted by Crippen LogP contribution is -2.24. The Morgan fingerprint density at radius 3 is 2.74 bits per heavy atom. The minimum Gasteiger partial charge on any atom is -0.357 e. The molecule has 1 aromatic heterocycles. The van der Waals surface area contributed by atoms with Crippen molar-refractivity contribution in [2.75, 3.05) is 18.0 Å². The number of halogens is 2. The SMILES string of the molecule is O=C(NCc1ccc(N2CCCC2)nc1)c1cc(Br)ccc1F. The first-order chi connectivity index (χ1) is 11.1. The second kappa shape index (κ2) is 7.08. The van der Waals surface area contributed by atoms with Crippen molar-refractivity contribution in [1.29, 1.82) is 0 Å². The maximum absolute atomic E-state index is 13.7. The highest BCUT2D eigenvalue weighted by atomic mass is 79.9. The van der Waals surface area contributed by atoms with Crippen LogP contribution in [0, 0.1) is 5.82 Å². The maximum Gasteiger partial charge on any atom is 0.254 e. The van der Waals surface area contributed by atoms with Gasteiger partial charge in [-0.3, -0.25) is 4.79 Å². The molecule has 0 unspecified atom stereocenters. The summed E-state index contributed by atoms with van der Waals surface area (Å²) in [4.78, 5) is 18.8. The molecule has 0 aliphatic carbocycles. The lowest BCUT2D eigenvalue weighted by molar-refractivity contribution is 0.0947. The van der Waals surface area contributed by atoms with Crippen LogP contribution in [0.3, 0.4) is 0 Å². The molecular weight excluding hydrogens is 361 g/mol. The first-order valence-electron chi connectivity index (χ1n) is 7.56. The third-order valence-electron chi connectivity index (χ3n) is 3.87. The van der Waals surface area contributed by atoms with E-state index in [2.05, 4.69) is 31.1 Å². The van der Waals surface area contributed by atoms with E-state index in [1.807, 2.05) is 12.1 Å². The van der Waals surface area contributed by atoms with E-state index in [0.29, 0.717) is 11.0 Å². The number of hydrogen-bond acceptors (Lipinski definition) is 3. The van der Waals surface area contributed by atoms with Gasteiger partial charge >= 0.3 is 0 Å². The number of aromatic nitrogens is 1. The van der Waals surface area contributed by atoms with Crippen LogP contribution in [0.15, 0.2) is 41.0 Å². The fraction of sp³-hybridized carbons (Fsp3) is 0.294. The molecule has 1 aliphatic rings. The molecule has 1 N–H and O–H groups in total. The van der Waals surface area contributed by atoms with E-state index >= 15 is 0 Å². The number of pyridine rings is 1. The molecule has 1 aromatic carbocycles. The van der Waals surface area contributed by atoms with E-state index in [-0.39, 0.29) is 5.56 Å². The highest BCUT2D eigenvalue weighted by molar-refractivity contribution is 9.10. The van der Waals surface area contributed by atoms with Crippen LogP contribution in [0.4, 0.5) is 10.2 Å². The van der Waals surface area contributed by atoms with Crippen molar-refractivity contribution in [3.63, 3.8) is 0 Å². The predicted octanol–water partition coefficient (Wildman–Crippen LogP) is 3.51. The van der Waals surface area contributed by atoms with Crippen LogP contribution < -0.4 is 10.2 Å². The third kappa shape index (κ3) is 3.88. The molecule has 0 saturated carbocycles. The summed E-state index contributed by atoms with van der Waals surface area (Å²) in [5.74, 6) is -0.00348. The summed E-state index contributed by atoms with van der Waals surface area (Å²) in [6.07, 6.45) is 4.17. The summed E-state index contributed by atoms with van der Waals surface area (Å²) >= 11 is 3.24. The molecule has 1 fully saturated rings. The van der Waals surface area contributed by atoms with Gasteiger partial charge in [0.05, 0.1) is 5.56 Å². The standard InChI is InChI=1S/C17H17BrFN3O/c18-13-4-5-15(19)14(9-13)17(23)21-11-12-3-6-16(20-10-12)22-7-1-2-8-22/h3-6,9-10H,1-2,7-8,11H2,(H,21,23). The summed E-state index contributed by atoms with van der Waals surface area (Å²) in [6, 6.07) is 8.21. The van der Waals surface area contributed by atoms with Crippen molar-refractivity contribution in [3.8, 4) is 0 Å². The average molecular weight is 378 g/mol. The zero-order chi connectivity index (χ0) is 16.2. The van der Waals surface area contributed by atoms with Crippen molar-refractivity contribution in [3.05, 3.63) is 57.9 Å². The molecule has 0 spiro atoms. The number of benzene rings is 1. The van der Waals surface area contributed by atoms with E-state index in [1.165, 1.54) is 25.0 Å². The van der Waals surface area contributed by atoms with Gasteiger partial charge in [0.2, 0.25) is 0 Å². The number of anilines is 1. The summed E-state index contributed by atoms with van der Waals surface area (Å²) in [5, 5.41) is 2.72. The Labute approximate surface area is 142 Å². The number of carbonyl (C=O) groups excluding carboxylic acids is 1. The second-order valence-electron chi connectivity index (χ2n) is 5.53. The number of nitrogens with one attached hydrogen (secondary N) is 1. The number of amides is 1. The predicted molar refractivity (Wildman–Crippen MR) is 91.0 cm³/mol. The number of carbonyl (C=O) groups is 1. The lowest BCUT2D eigenvalue weighted by atomic mass is 10.2. The summed E-state index contributed by atoms with van der Waals surface area (Å²) in [7, 11) is 0. The Morgan fingerprint density at radius 1 is 1.26 bits per heavy atom. The van der Waals surface area contributed by atoms with Crippen molar-refractivity contribution in [2.45, 2.75) is 19.4 Å². The van der Waals surface area contributed by atoms with E-state index < -0.39 is 11.7 Å². The van der Waals surface area contributed by atoms with E-state index in [9.17, 15) is 9.18 Å². The molecule has 2 heterocycles. The Hall–Kier alpha value is -1.95. The largest absolute Gasteiger partial charge is 0.357 e. The van der Waals surface area contributed by atoms with Crippen LogP contribution in [0.5, 0.6) is 0 Å². The summed E-state index contributed by atoms with van der Waals surface area (Å²) in [5.41, 5.74) is 0.915. The van der Waals surface area contributed by atoms with Gasteiger partial charge in [-0.1, -0.05) is 22.0 Å². The topological polar surface area (TPSA) is 45.2 Å². The minimum absolute atomic E-state index is 0.0287. The van der Waals surface area contributed by atoms with Crippen molar-refractivity contribution >= 4 is 27.7 Å². The molecule has 0 radical (unpaired) electrons. The number of nitrogens with zero attached hydrogens (tertiary/aromatic N) is 2. The monoisotopic (exact) mass is 377 g/mol. The van der Waals surface area contributed by atoms with Crippen LogP contribution >= 0.6 is 15.9 Å². The molecule has 0 bridgehead atoms. The quantitative estimate of drug-likeness (QED) is 0.886. The normalized spacial score (nSPS) is 14.1. The van der Waals surface area contributed by atoms with Crippen molar-refractivity contribution in [2.24, 2.45) is 0 Å². The molecule has 2 aromatic rings. The number of rotatable bonds is 4. The molecule has 1 aliphatic heterocycles. The minimum atomic E-state index is -0.534. The smallest absolute Gasteiger partial charge is 0.254 e. The van der Waals surface area contributed by atoms with Gasteiger partial charge in [0, 0.05) is 30.3 Å². The van der Waals surface area contributed by atoms with Crippen LogP contribution in [0.1, 0.15) is 28.8 Å². The van der Waals surface area contributed by atoms with E-state index in [1.54, 1.807) is 12.3 Å². The highest BCUT2D eigenvalue weighted by Gasteiger charge is 2.14. The van der Waals surface area contributed by atoms with Crippen molar-refractivity contribution in [1.82, 2.24) is 10.3 Å². The Balaban J connectivity index is 1.61. The fourth-order valence-electron chi connectivity index (χ4n) is 2.60. The van der Waals surface area contributed by atoms with Gasteiger partial charge in [0.15, 0.2) is 0 Å². The molecular formula is C17H17BrFN3O. The summed E-state index contributed by atoms with van der Waals surface area (Å²) < 4.78 is 14.3. The van der Waals surface area contributed by atoms with Crippen LogP contribution in [0.25, 0.3) is 0 Å². The van der Waals surface area contributed by atoms with Crippen molar-refractivity contribution < 1.29 is 9.18 Å².